The van der Waals surface area contributed by atoms with Crippen molar-refractivity contribution in [1.29, 1.82) is 0 Å². The lowest BCUT2D eigenvalue weighted by atomic mass is 9.93. The number of ether oxygens (including phenoxy) is 1. The number of halogens is 2. The van der Waals surface area contributed by atoms with Gasteiger partial charge in [0, 0.05) is 11.6 Å². The Morgan fingerprint density at radius 1 is 1.00 bits per heavy atom. The Hall–Kier alpha value is -1.94. The fraction of sp³-hybridized carbons (Fsp3) is 0.294. The molecular weight excluding hydrogens is 272 g/mol. The van der Waals surface area contributed by atoms with Crippen molar-refractivity contribution in [3.05, 3.63) is 64.7 Å². The highest BCUT2D eigenvalue weighted by atomic mass is 19.3. The molecule has 2 nitrogen and oxygen atoms in total. The van der Waals surface area contributed by atoms with Gasteiger partial charge < -0.3 is 10.5 Å². The predicted octanol–water partition coefficient (Wildman–Crippen LogP) is 4.15. The van der Waals surface area contributed by atoms with E-state index in [2.05, 4.69) is 4.74 Å². The van der Waals surface area contributed by atoms with E-state index in [1.54, 1.807) is 18.2 Å². The highest BCUT2D eigenvalue weighted by Gasteiger charge is 2.16. The van der Waals surface area contributed by atoms with Gasteiger partial charge in [-0.3, -0.25) is 0 Å². The predicted molar refractivity (Wildman–Crippen MR) is 79.6 cm³/mol. The van der Waals surface area contributed by atoms with Crippen molar-refractivity contribution in [2.24, 2.45) is 5.73 Å². The second-order valence-electron chi connectivity index (χ2n) is 5.10. The summed E-state index contributed by atoms with van der Waals surface area (Å²) < 4.78 is 29.5. The topological polar surface area (TPSA) is 35.2 Å². The van der Waals surface area contributed by atoms with Crippen molar-refractivity contribution in [3.8, 4) is 5.75 Å². The number of hydrogen-bond acceptors (Lipinski definition) is 2. The third-order valence-corrected chi connectivity index (χ3v) is 3.60. The molecule has 0 aliphatic rings. The van der Waals surface area contributed by atoms with Gasteiger partial charge >= 0.3 is 6.61 Å². The largest absolute Gasteiger partial charge is 0.434 e. The quantitative estimate of drug-likeness (QED) is 0.898. The SMILES string of the molecule is Cc1cccc(C)c1CC(N)c1ccccc1OC(F)F. The maximum atomic E-state index is 12.5. The zero-order valence-corrected chi connectivity index (χ0v) is 12.1. The third-order valence-electron chi connectivity index (χ3n) is 3.60. The average Bonchev–Trinajstić information content (AvgIpc) is 2.43. The van der Waals surface area contributed by atoms with Crippen LogP contribution in [0.1, 0.15) is 28.3 Å². The van der Waals surface area contributed by atoms with Gasteiger partial charge in [-0.05, 0) is 43.0 Å². The van der Waals surface area contributed by atoms with E-state index < -0.39 is 6.61 Å². The van der Waals surface area contributed by atoms with Crippen molar-refractivity contribution in [2.75, 3.05) is 0 Å². The summed E-state index contributed by atoms with van der Waals surface area (Å²) in [6.45, 7) is 1.20. The van der Waals surface area contributed by atoms with E-state index in [1.807, 2.05) is 32.0 Å². The summed E-state index contributed by atoms with van der Waals surface area (Å²) in [5, 5.41) is 0. The first-order chi connectivity index (χ1) is 9.99. The van der Waals surface area contributed by atoms with Crippen molar-refractivity contribution >= 4 is 0 Å². The van der Waals surface area contributed by atoms with Gasteiger partial charge in [-0.2, -0.15) is 8.78 Å². The molecule has 0 aromatic heterocycles. The lowest BCUT2D eigenvalue weighted by molar-refractivity contribution is -0.0506. The molecule has 2 rings (SSSR count). The number of alkyl halides is 2. The van der Waals surface area contributed by atoms with Crippen LogP contribution in [0.15, 0.2) is 42.5 Å². The van der Waals surface area contributed by atoms with Gasteiger partial charge in [0.05, 0.1) is 0 Å². The van der Waals surface area contributed by atoms with E-state index >= 15 is 0 Å². The summed E-state index contributed by atoms with van der Waals surface area (Å²) in [6.07, 6.45) is 0.585. The molecule has 112 valence electrons. The Labute approximate surface area is 123 Å². The molecule has 0 saturated heterocycles. The maximum absolute atomic E-state index is 12.5. The Morgan fingerprint density at radius 3 is 2.24 bits per heavy atom. The van der Waals surface area contributed by atoms with Crippen molar-refractivity contribution in [2.45, 2.75) is 32.9 Å². The van der Waals surface area contributed by atoms with Crippen LogP contribution in [0.3, 0.4) is 0 Å². The van der Waals surface area contributed by atoms with E-state index in [4.69, 9.17) is 5.73 Å². The molecule has 0 saturated carbocycles. The molecule has 0 fully saturated rings. The van der Waals surface area contributed by atoms with E-state index in [0.717, 1.165) is 16.7 Å². The molecule has 0 amide bonds. The Bertz CT molecular complexity index is 593. The highest BCUT2D eigenvalue weighted by Crippen LogP contribution is 2.28. The van der Waals surface area contributed by atoms with E-state index in [0.29, 0.717) is 12.0 Å². The number of para-hydroxylation sites is 1. The van der Waals surface area contributed by atoms with Gasteiger partial charge in [0.2, 0.25) is 0 Å². The molecule has 0 spiro atoms. The molecule has 2 N–H and O–H groups in total. The Balaban J connectivity index is 2.26. The molecule has 0 heterocycles. The zero-order valence-electron chi connectivity index (χ0n) is 12.1. The molecule has 21 heavy (non-hydrogen) atoms. The van der Waals surface area contributed by atoms with E-state index in [-0.39, 0.29) is 11.8 Å². The number of benzene rings is 2. The van der Waals surface area contributed by atoms with Crippen LogP contribution < -0.4 is 10.5 Å². The van der Waals surface area contributed by atoms with Crippen LogP contribution >= 0.6 is 0 Å². The smallest absolute Gasteiger partial charge is 0.387 e. The minimum absolute atomic E-state index is 0.145. The summed E-state index contributed by atoms with van der Waals surface area (Å²) in [5.74, 6) is 0.145. The Morgan fingerprint density at radius 2 is 1.62 bits per heavy atom. The summed E-state index contributed by atoms with van der Waals surface area (Å²) in [4.78, 5) is 0. The number of hydrogen-bond donors (Lipinski definition) is 1. The molecule has 2 aromatic rings. The minimum Gasteiger partial charge on any atom is -0.434 e. The fourth-order valence-electron chi connectivity index (χ4n) is 2.49. The standard InChI is InChI=1S/C17H19F2NO/c1-11-6-5-7-12(2)14(11)10-15(20)13-8-3-4-9-16(13)21-17(18)19/h3-9,15,17H,10,20H2,1-2H3. The molecule has 4 heteroatoms. The van der Waals surface area contributed by atoms with Crippen LogP contribution in [0.5, 0.6) is 5.75 Å². The summed E-state index contributed by atoms with van der Waals surface area (Å²) >= 11 is 0. The Kier molecular flexibility index (Phi) is 4.91. The van der Waals surface area contributed by atoms with Gasteiger partial charge in [0.15, 0.2) is 0 Å². The van der Waals surface area contributed by atoms with Crippen LogP contribution in [0.2, 0.25) is 0 Å². The van der Waals surface area contributed by atoms with Crippen molar-refractivity contribution < 1.29 is 13.5 Å². The summed E-state index contributed by atoms with van der Waals surface area (Å²) in [5.41, 5.74) is 10.3. The molecule has 0 aliphatic heterocycles. The molecule has 1 atom stereocenters. The molecule has 0 radical (unpaired) electrons. The normalized spacial score (nSPS) is 12.5. The van der Waals surface area contributed by atoms with Crippen molar-refractivity contribution in [1.82, 2.24) is 0 Å². The third kappa shape index (κ3) is 3.79. The molecule has 0 bridgehead atoms. The number of aryl methyl sites for hydroxylation is 2. The van der Waals surface area contributed by atoms with Crippen LogP contribution in [-0.4, -0.2) is 6.61 Å². The maximum Gasteiger partial charge on any atom is 0.387 e. The summed E-state index contributed by atoms with van der Waals surface area (Å²) in [6, 6.07) is 12.3. The van der Waals surface area contributed by atoms with E-state index in [9.17, 15) is 8.78 Å². The lowest BCUT2D eigenvalue weighted by Crippen LogP contribution is -2.17. The second kappa shape index (κ2) is 6.68. The van der Waals surface area contributed by atoms with Gasteiger partial charge in [0.1, 0.15) is 5.75 Å². The van der Waals surface area contributed by atoms with Gasteiger partial charge in [-0.1, -0.05) is 36.4 Å². The molecule has 0 aliphatic carbocycles. The monoisotopic (exact) mass is 291 g/mol. The first kappa shape index (κ1) is 15.4. The van der Waals surface area contributed by atoms with Crippen LogP contribution in [0.25, 0.3) is 0 Å². The van der Waals surface area contributed by atoms with Crippen LogP contribution in [0, 0.1) is 13.8 Å². The van der Waals surface area contributed by atoms with Crippen LogP contribution in [-0.2, 0) is 6.42 Å². The number of nitrogens with two attached hydrogens (primary N) is 1. The highest BCUT2D eigenvalue weighted by molar-refractivity contribution is 5.39. The van der Waals surface area contributed by atoms with Crippen LogP contribution in [0.4, 0.5) is 8.78 Å². The van der Waals surface area contributed by atoms with Gasteiger partial charge in [-0.25, -0.2) is 0 Å². The number of rotatable bonds is 5. The minimum atomic E-state index is -2.85. The molecule has 1 unspecified atom stereocenters. The second-order valence-corrected chi connectivity index (χ2v) is 5.10. The summed E-state index contributed by atoms with van der Waals surface area (Å²) in [7, 11) is 0. The molecular formula is C17H19F2NO. The molecule has 2 aromatic carbocycles. The average molecular weight is 291 g/mol. The van der Waals surface area contributed by atoms with Crippen molar-refractivity contribution in [3.63, 3.8) is 0 Å². The first-order valence-corrected chi connectivity index (χ1v) is 6.83. The van der Waals surface area contributed by atoms with Gasteiger partial charge in [-0.15, -0.1) is 0 Å². The fourth-order valence-corrected chi connectivity index (χ4v) is 2.49. The van der Waals surface area contributed by atoms with E-state index in [1.165, 1.54) is 6.07 Å². The first-order valence-electron chi connectivity index (χ1n) is 6.83. The zero-order chi connectivity index (χ0) is 15.4. The lowest BCUT2D eigenvalue weighted by Gasteiger charge is -2.19. The van der Waals surface area contributed by atoms with Gasteiger partial charge in [0.25, 0.3) is 0 Å².